The van der Waals surface area contributed by atoms with Crippen molar-refractivity contribution in [3.8, 4) is 0 Å². The number of aromatic nitrogens is 2. The standard InChI is InChI=1S/C19H35N7S/c1-4-8-24-9-7-16(15-24)14-21-18(20-6-3)25-10-12-26(13-11-25)19-22-17(5-2)23-27-19/h16H,4-15H2,1-3H3,(H,20,21). The van der Waals surface area contributed by atoms with E-state index in [4.69, 9.17) is 4.99 Å². The molecular formula is C19H35N7S. The van der Waals surface area contributed by atoms with Gasteiger partial charge in [0.1, 0.15) is 5.82 Å². The number of anilines is 1. The Morgan fingerprint density at radius 3 is 2.67 bits per heavy atom. The van der Waals surface area contributed by atoms with E-state index in [0.717, 1.165) is 62.6 Å². The topological polar surface area (TPSA) is 59.9 Å². The highest BCUT2D eigenvalue weighted by atomic mass is 32.1. The first kappa shape index (κ1) is 20.3. The van der Waals surface area contributed by atoms with Crippen LogP contribution in [0.1, 0.15) is 39.4 Å². The molecule has 2 fully saturated rings. The summed E-state index contributed by atoms with van der Waals surface area (Å²) in [6.45, 7) is 16.0. The van der Waals surface area contributed by atoms with Crippen LogP contribution < -0.4 is 10.2 Å². The maximum Gasteiger partial charge on any atom is 0.205 e. The van der Waals surface area contributed by atoms with Gasteiger partial charge in [-0.15, -0.1) is 0 Å². The molecular weight excluding hydrogens is 358 g/mol. The molecule has 1 aromatic rings. The lowest BCUT2D eigenvalue weighted by Gasteiger charge is -2.36. The zero-order valence-corrected chi connectivity index (χ0v) is 18.0. The van der Waals surface area contributed by atoms with Crippen LogP contribution >= 0.6 is 11.5 Å². The van der Waals surface area contributed by atoms with Gasteiger partial charge in [0.25, 0.3) is 0 Å². The van der Waals surface area contributed by atoms with Crippen molar-refractivity contribution < 1.29 is 0 Å². The van der Waals surface area contributed by atoms with Gasteiger partial charge in [0.2, 0.25) is 5.13 Å². The summed E-state index contributed by atoms with van der Waals surface area (Å²) in [6.07, 6.45) is 3.44. The predicted octanol–water partition coefficient (Wildman–Crippen LogP) is 1.92. The van der Waals surface area contributed by atoms with Crippen molar-refractivity contribution in [2.45, 2.75) is 40.0 Å². The minimum absolute atomic E-state index is 0.709. The first-order valence-electron chi connectivity index (χ1n) is 10.6. The highest BCUT2D eigenvalue weighted by Crippen LogP contribution is 2.20. The molecule has 8 heteroatoms. The van der Waals surface area contributed by atoms with Crippen LogP contribution in [0.2, 0.25) is 0 Å². The fourth-order valence-electron chi connectivity index (χ4n) is 3.85. The Balaban J connectivity index is 1.51. The van der Waals surface area contributed by atoms with Crippen molar-refractivity contribution in [3.05, 3.63) is 5.82 Å². The minimum Gasteiger partial charge on any atom is -0.357 e. The second-order valence-electron chi connectivity index (χ2n) is 7.47. The number of nitrogens with one attached hydrogen (secondary N) is 1. The lowest BCUT2D eigenvalue weighted by Crippen LogP contribution is -2.52. The van der Waals surface area contributed by atoms with Crippen LogP contribution in [0.5, 0.6) is 0 Å². The van der Waals surface area contributed by atoms with E-state index in [1.165, 1.54) is 44.0 Å². The molecule has 2 saturated heterocycles. The van der Waals surface area contributed by atoms with E-state index in [1.54, 1.807) is 0 Å². The summed E-state index contributed by atoms with van der Waals surface area (Å²) in [6, 6.07) is 0. The number of guanidine groups is 1. The lowest BCUT2D eigenvalue weighted by molar-refractivity contribution is 0.325. The van der Waals surface area contributed by atoms with E-state index in [-0.39, 0.29) is 0 Å². The third-order valence-corrected chi connectivity index (χ3v) is 6.18. The Hall–Kier alpha value is -1.41. The van der Waals surface area contributed by atoms with Crippen LogP contribution in [0, 0.1) is 5.92 Å². The molecule has 0 amide bonds. The Labute approximate surface area is 168 Å². The Morgan fingerprint density at radius 2 is 2.00 bits per heavy atom. The summed E-state index contributed by atoms with van der Waals surface area (Å²) in [5.74, 6) is 2.75. The Kier molecular flexibility index (Phi) is 7.70. The number of nitrogens with zero attached hydrogens (tertiary/aromatic N) is 6. The zero-order valence-electron chi connectivity index (χ0n) is 17.2. The van der Waals surface area contributed by atoms with Crippen molar-refractivity contribution in [1.82, 2.24) is 24.5 Å². The van der Waals surface area contributed by atoms with Gasteiger partial charge in [0, 0.05) is 63.8 Å². The molecule has 7 nitrogen and oxygen atoms in total. The normalized spacial score (nSPS) is 21.9. The molecule has 0 radical (unpaired) electrons. The third kappa shape index (κ3) is 5.54. The van der Waals surface area contributed by atoms with E-state index in [0.29, 0.717) is 5.92 Å². The summed E-state index contributed by atoms with van der Waals surface area (Å²) in [7, 11) is 0. The summed E-state index contributed by atoms with van der Waals surface area (Å²) >= 11 is 1.53. The van der Waals surface area contributed by atoms with Gasteiger partial charge in [-0.2, -0.15) is 4.37 Å². The van der Waals surface area contributed by atoms with Gasteiger partial charge in [-0.1, -0.05) is 13.8 Å². The van der Waals surface area contributed by atoms with Crippen LogP contribution in [-0.2, 0) is 6.42 Å². The molecule has 27 heavy (non-hydrogen) atoms. The van der Waals surface area contributed by atoms with Gasteiger partial charge < -0.3 is 20.0 Å². The Morgan fingerprint density at radius 1 is 1.19 bits per heavy atom. The second kappa shape index (κ2) is 10.2. The molecule has 152 valence electrons. The lowest BCUT2D eigenvalue weighted by atomic mass is 10.1. The molecule has 0 aliphatic carbocycles. The number of hydrogen-bond acceptors (Lipinski definition) is 6. The van der Waals surface area contributed by atoms with Crippen molar-refractivity contribution in [2.75, 3.05) is 63.8 Å². The second-order valence-corrected chi connectivity index (χ2v) is 8.20. The Bertz CT molecular complexity index is 595. The van der Waals surface area contributed by atoms with Crippen molar-refractivity contribution >= 4 is 22.6 Å². The van der Waals surface area contributed by atoms with E-state index in [1.807, 2.05) is 0 Å². The predicted molar refractivity (Wildman–Crippen MR) is 114 cm³/mol. The van der Waals surface area contributed by atoms with Crippen LogP contribution in [0.4, 0.5) is 5.13 Å². The molecule has 3 heterocycles. The van der Waals surface area contributed by atoms with Gasteiger partial charge in [-0.3, -0.25) is 4.99 Å². The number of aliphatic imine (C=N–C) groups is 1. The first-order chi connectivity index (χ1) is 13.2. The summed E-state index contributed by atoms with van der Waals surface area (Å²) < 4.78 is 4.42. The van der Waals surface area contributed by atoms with Crippen molar-refractivity contribution in [1.29, 1.82) is 0 Å². The van der Waals surface area contributed by atoms with Crippen LogP contribution in [0.25, 0.3) is 0 Å². The highest BCUT2D eigenvalue weighted by Gasteiger charge is 2.24. The maximum absolute atomic E-state index is 4.99. The van der Waals surface area contributed by atoms with Gasteiger partial charge in [0.05, 0.1) is 0 Å². The zero-order chi connectivity index (χ0) is 19.1. The van der Waals surface area contributed by atoms with Gasteiger partial charge in [-0.05, 0) is 38.8 Å². The fraction of sp³-hybridized carbons (Fsp3) is 0.842. The van der Waals surface area contributed by atoms with E-state index < -0.39 is 0 Å². The minimum atomic E-state index is 0.709. The number of likely N-dealkylation sites (tertiary alicyclic amines) is 1. The van der Waals surface area contributed by atoms with Gasteiger partial charge in [-0.25, -0.2) is 4.98 Å². The summed E-state index contributed by atoms with van der Waals surface area (Å²) in [4.78, 5) is 17.0. The molecule has 1 unspecified atom stereocenters. The number of hydrogen-bond donors (Lipinski definition) is 1. The van der Waals surface area contributed by atoms with Gasteiger partial charge in [0.15, 0.2) is 5.96 Å². The summed E-state index contributed by atoms with van der Waals surface area (Å²) in [5, 5.41) is 4.56. The smallest absolute Gasteiger partial charge is 0.205 e. The molecule has 2 aliphatic rings. The average Bonchev–Trinajstić information content (AvgIpc) is 3.35. The molecule has 0 aromatic carbocycles. The molecule has 1 N–H and O–H groups in total. The van der Waals surface area contributed by atoms with E-state index >= 15 is 0 Å². The van der Waals surface area contributed by atoms with Crippen molar-refractivity contribution in [2.24, 2.45) is 10.9 Å². The summed E-state index contributed by atoms with van der Waals surface area (Å²) in [5.41, 5.74) is 0. The maximum atomic E-state index is 4.99. The van der Waals surface area contributed by atoms with Gasteiger partial charge >= 0.3 is 0 Å². The SMILES string of the molecule is CCCN1CCC(CN=C(NCC)N2CCN(c3nc(CC)ns3)CC2)C1. The quantitative estimate of drug-likeness (QED) is 0.564. The van der Waals surface area contributed by atoms with Crippen LogP contribution in [0.15, 0.2) is 4.99 Å². The molecule has 0 bridgehead atoms. The average molecular weight is 394 g/mol. The molecule has 0 spiro atoms. The van der Waals surface area contributed by atoms with E-state index in [2.05, 4.69) is 50.1 Å². The first-order valence-corrected chi connectivity index (χ1v) is 11.3. The highest BCUT2D eigenvalue weighted by molar-refractivity contribution is 7.09. The van der Waals surface area contributed by atoms with Crippen LogP contribution in [-0.4, -0.2) is 84.0 Å². The number of aryl methyl sites for hydroxylation is 1. The third-order valence-electron chi connectivity index (χ3n) is 5.37. The monoisotopic (exact) mass is 393 g/mol. The molecule has 1 aromatic heterocycles. The van der Waals surface area contributed by atoms with E-state index in [9.17, 15) is 0 Å². The molecule has 3 rings (SSSR count). The molecule has 2 aliphatic heterocycles. The largest absolute Gasteiger partial charge is 0.357 e. The molecule has 0 saturated carbocycles. The number of piperazine rings is 1. The van der Waals surface area contributed by atoms with Crippen molar-refractivity contribution in [3.63, 3.8) is 0 Å². The van der Waals surface area contributed by atoms with Crippen LogP contribution in [0.3, 0.4) is 0 Å². The fourth-order valence-corrected chi connectivity index (χ4v) is 4.65. The molecule has 1 atom stereocenters. The number of rotatable bonds is 7.